The van der Waals surface area contributed by atoms with Crippen molar-refractivity contribution in [1.82, 2.24) is 9.55 Å². The van der Waals surface area contributed by atoms with E-state index in [9.17, 15) is 4.79 Å². The number of hydrogen-bond donors (Lipinski definition) is 1. The van der Waals surface area contributed by atoms with Crippen molar-refractivity contribution in [1.29, 1.82) is 0 Å². The molecule has 3 rings (SSSR count). The van der Waals surface area contributed by atoms with Gasteiger partial charge >= 0.3 is 5.97 Å². The summed E-state index contributed by atoms with van der Waals surface area (Å²) in [6.45, 7) is 0.917. The molecule has 0 spiro atoms. The van der Waals surface area contributed by atoms with Crippen molar-refractivity contribution in [2.45, 2.75) is 24.5 Å². The van der Waals surface area contributed by atoms with Crippen LogP contribution in [0, 0.1) is 5.92 Å². The van der Waals surface area contributed by atoms with E-state index in [1.54, 1.807) is 0 Å². The molecule has 1 aromatic heterocycles. The Labute approximate surface area is 119 Å². The molecule has 1 aliphatic carbocycles. The molecule has 2 aromatic rings. The van der Waals surface area contributed by atoms with E-state index >= 15 is 0 Å². The monoisotopic (exact) mass is 296 g/mol. The van der Waals surface area contributed by atoms with Gasteiger partial charge in [-0.3, -0.25) is 4.79 Å². The summed E-state index contributed by atoms with van der Waals surface area (Å²) in [7, 11) is 0. The molecule has 0 saturated heterocycles. The number of imidazole rings is 1. The van der Waals surface area contributed by atoms with Gasteiger partial charge in [0.25, 0.3) is 0 Å². The molecule has 0 radical (unpaired) electrons. The zero-order valence-corrected chi connectivity index (χ0v) is 11.7. The second-order valence-electron chi connectivity index (χ2n) is 4.76. The molecule has 0 atom stereocenters. The van der Waals surface area contributed by atoms with Gasteiger partial charge in [0.1, 0.15) is 0 Å². The topological polar surface area (TPSA) is 55.1 Å². The Hall–Kier alpha value is -1.20. The van der Waals surface area contributed by atoms with E-state index in [-0.39, 0.29) is 5.75 Å². The van der Waals surface area contributed by atoms with Crippen LogP contribution in [0.4, 0.5) is 0 Å². The first-order valence-corrected chi connectivity index (χ1v) is 7.50. The second-order valence-corrected chi connectivity index (χ2v) is 6.14. The van der Waals surface area contributed by atoms with Crippen molar-refractivity contribution in [3.8, 4) is 0 Å². The van der Waals surface area contributed by atoms with E-state index in [1.807, 2.05) is 18.2 Å². The number of carboxylic acid groups (broad SMARTS) is 1. The van der Waals surface area contributed by atoms with E-state index in [1.165, 1.54) is 24.6 Å². The molecule has 0 bridgehead atoms. The number of carboxylic acids is 1. The Bertz CT molecular complexity index is 637. The summed E-state index contributed by atoms with van der Waals surface area (Å²) in [5.41, 5.74) is 1.87. The summed E-state index contributed by atoms with van der Waals surface area (Å²) >= 11 is 7.24. The minimum atomic E-state index is -0.826. The fourth-order valence-corrected chi connectivity index (χ4v) is 2.96. The van der Waals surface area contributed by atoms with Crippen LogP contribution in [0.1, 0.15) is 12.8 Å². The maximum absolute atomic E-state index is 10.7. The molecule has 0 aliphatic heterocycles. The van der Waals surface area contributed by atoms with Gasteiger partial charge < -0.3 is 9.67 Å². The van der Waals surface area contributed by atoms with Gasteiger partial charge in [-0.2, -0.15) is 0 Å². The van der Waals surface area contributed by atoms with Gasteiger partial charge in [-0.15, -0.1) is 0 Å². The highest BCUT2D eigenvalue weighted by atomic mass is 35.5. The largest absolute Gasteiger partial charge is 0.481 e. The van der Waals surface area contributed by atoms with Crippen LogP contribution < -0.4 is 0 Å². The molecular formula is C13H13ClN2O2S. The minimum absolute atomic E-state index is 0.0295. The van der Waals surface area contributed by atoms with Crippen LogP contribution in [0.3, 0.4) is 0 Å². The SMILES string of the molecule is O=C(O)CSc1nc2cc(Cl)ccc2n1CC1CC1. The summed E-state index contributed by atoms with van der Waals surface area (Å²) in [5, 5.41) is 10.2. The molecule has 100 valence electrons. The van der Waals surface area contributed by atoms with Crippen LogP contribution in [0.25, 0.3) is 11.0 Å². The Balaban J connectivity index is 1.99. The summed E-state index contributed by atoms with van der Waals surface area (Å²) in [4.78, 5) is 15.2. The van der Waals surface area contributed by atoms with Crippen molar-refractivity contribution in [2.75, 3.05) is 5.75 Å². The van der Waals surface area contributed by atoms with Gasteiger partial charge in [-0.1, -0.05) is 23.4 Å². The van der Waals surface area contributed by atoms with Gasteiger partial charge in [0.2, 0.25) is 0 Å². The maximum Gasteiger partial charge on any atom is 0.313 e. The highest BCUT2D eigenvalue weighted by molar-refractivity contribution is 7.99. The lowest BCUT2D eigenvalue weighted by molar-refractivity contribution is -0.133. The lowest BCUT2D eigenvalue weighted by Gasteiger charge is -2.06. The van der Waals surface area contributed by atoms with Crippen LogP contribution in [0.2, 0.25) is 5.02 Å². The Morgan fingerprint density at radius 1 is 1.53 bits per heavy atom. The smallest absolute Gasteiger partial charge is 0.313 e. The van der Waals surface area contributed by atoms with E-state index in [0.717, 1.165) is 22.7 Å². The lowest BCUT2D eigenvalue weighted by atomic mass is 10.3. The fraction of sp³-hybridized carbons (Fsp3) is 0.385. The number of rotatable bonds is 5. The average molecular weight is 297 g/mol. The van der Waals surface area contributed by atoms with Crippen molar-refractivity contribution >= 4 is 40.4 Å². The molecule has 1 aromatic carbocycles. The number of benzene rings is 1. The predicted octanol–water partition coefficient (Wildman–Crippen LogP) is 3.28. The number of fused-ring (bicyclic) bond motifs is 1. The molecule has 4 nitrogen and oxygen atoms in total. The first-order chi connectivity index (χ1) is 9.13. The molecule has 6 heteroatoms. The third-order valence-corrected chi connectivity index (χ3v) is 4.33. The predicted molar refractivity (Wildman–Crippen MR) is 75.8 cm³/mol. The van der Waals surface area contributed by atoms with E-state index < -0.39 is 5.97 Å². The Kier molecular flexibility index (Phi) is 3.41. The van der Waals surface area contributed by atoms with Gasteiger partial charge in [0, 0.05) is 11.6 Å². The molecule has 1 heterocycles. The number of hydrogen-bond acceptors (Lipinski definition) is 3. The Morgan fingerprint density at radius 3 is 3.00 bits per heavy atom. The quantitative estimate of drug-likeness (QED) is 0.860. The molecule has 0 unspecified atom stereocenters. The summed E-state index contributed by atoms with van der Waals surface area (Å²) in [6, 6.07) is 5.63. The molecule has 1 fully saturated rings. The first-order valence-electron chi connectivity index (χ1n) is 6.14. The number of aromatic nitrogens is 2. The van der Waals surface area contributed by atoms with Gasteiger partial charge in [-0.25, -0.2) is 4.98 Å². The van der Waals surface area contributed by atoms with Crippen LogP contribution in [0.5, 0.6) is 0 Å². The van der Waals surface area contributed by atoms with Crippen molar-refractivity contribution in [3.63, 3.8) is 0 Å². The number of halogens is 1. The maximum atomic E-state index is 10.7. The minimum Gasteiger partial charge on any atom is -0.481 e. The summed E-state index contributed by atoms with van der Waals surface area (Å²) in [6.07, 6.45) is 2.49. The summed E-state index contributed by atoms with van der Waals surface area (Å²) in [5.74, 6) is -0.0906. The third-order valence-electron chi connectivity index (χ3n) is 3.14. The lowest BCUT2D eigenvalue weighted by Crippen LogP contribution is -2.04. The second kappa shape index (κ2) is 5.06. The number of aliphatic carboxylic acids is 1. The standard InChI is InChI=1S/C13H13ClN2O2S/c14-9-3-4-11-10(5-9)15-13(19-7-12(17)18)16(11)6-8-1-2-8/h3-5,8H,1-2,6-7H2,(H,17,18). The van der Waals surface area contributed by atoms with Crippen LogP contribution in [-0.2, 0) is 11.3 Å². The molecule has 1 saturated carbocycles. The number of thioether (sulfide) groups is 1. The van der Waals surface area contributed by atoms with Crippen molar-refractivity contribution in [2.24, 2.45) is 5.92 Å². The van der Waals surface area contributed by atoms with Crippen molar-refractivity contribution < 1.29 is 9.90 Å². The average Bonchev–Trinajstić information content (AvgIpc) is 3.10. The molecular weight excluding hydrogens is 284 g/mol. The normalized spacial score (nSPS) is 15.0. The van der Waals surface area contributed by atoms with Gasteiger partial charge in [0.15, 0.2) is 5.16 Å². The molecule has 1 aliphatic rings. The Morgan fingerprint density at radius 2 is 2.32 bits per heavy atom. The van der Waals surface area contributed by atoms with Gasteiger partial charge in [0.05, 0.1) is 16.8 Å². The zero-order valence-electron chi connectivity index (χ0n) is 10.2. The fourth-order valence-electron chi connectivity index (χ4n) is 2.05. The molecule has 0 amide bonds. The third kappa shape index (κ3) is 2.87. The number of carbonyl (C=O) groups is 1. The zero-order chi connectivity index (χ0) is 13.4. The first kappa shape index (κ1) is 12.8. The van der Waals surface area contributed by atoms with Crippen LogP contribution in [0.15, 0.2) is 23.4 Å². The van der Waals surface area contributed by atoms with Crippen molar-refractivity contribution in [3.05, 3.63) is 23.2 Å². The highest BCUT2D eigenvalue weighted by Crippen LogP contribution is 2.34. The van der Waals surface area contributed by atoms with Crippen LogP contribution >= 0.6 is 23.4 Å². The van der Waals surface area contributed by atoms with Crippen LogP contribution in [-0.4, -0.2) is 26.4 Å². The molecule has 1 N–H and O–H groups in total. The molecule has 19 heavy (non-hydrogen) atoms. The summed E-state index contributed by atoms with van der Waals surface area (Å²) < 4.78 is 2.12. The number of nitrogens with zero attached hydrogens (tertiary/aromatic N) is 2. The van der Waals surface area contributed by atoms with E-state index in [0.29, 0.717) is 10.9 Å². The highest BCUT2D eigenvalue weighted by Gasteiger charge is 2.24. The van der Waals surface area contributed by atoms with Gasteiger partial charge in [-0.05, 0) is 37.0 Å². The van der Waals surface area contributed by atoms with E-state index in [2.05, 4.69) is 9.55 Å². The van der Waals surface area contributed by atoms with E-state index in [4.69, 9.17) is 16.7 Å².